The Kier molecular flexibility index (Phi) is 6.24. The predicted molar refractivity (Wildman–Crippen MR) is 111 cm³/mol. The second kappa shape index (κ2) is 9.01. The van der Waals surface area contributed by atoms with E-state index in [2.05, 4.69) is 10.6 Å². The van der Waals surface area contributed by atoms with Crippen molar-refractivity contribution in [2.45, 2.75) is 13.3 Å². The summed E-state index contributed by atoms with van der Waals surface area (Å²) in [5.74, 6) is -1.78. The predicted octanol–water partition coefficient (Wildman–Crippen LogP) is 2.94. The van der Waals surface area contributed by atoms with E-state index >= 15 is 0 Å². The van der Waals surface area contributed by atoms with Crippen molar-refractivity contribution < 1.29 is 19.5 Å². The zero-order valence-electron chi connectivity index (χ0n) is 16.1. The molecule has 6 nitrogen and oxygen atoms in total. The fraction of sp³-hybridized carbons (Fsp3) is 0.174. The number of carboxylic acids is 1. The molecule has 0 bridgehead atoms. The molecular weight excluding hydrogens is 368 g/mol. The lowest BCUT2D eigenvalue weighted by Gasteiger charge is -2.10. The maximum absolute atomic E-state index is 12.5. The molecule has 3 rings (SSSR count). The van der Waals surface area contributed by atoms with Crippen LogP contribution in [0.3, 0.4) is 0 Å². The molecule has 0 radical (unpaired) electrons. The molecule has 0 fully saturated rings. The highest BCUT2D eigenvalue weighted by Gasteiger charge is 2.17. The van der Waals surface area contributed by atoms with E-state index in [1.165, 1.54) is 6.07 Å². The van der Waals surface area contributed by atoms with Gasteiger partial charge in [-0.25, -0.2) is 4.79 Å². The SMILES string of the molecule is Cc1cccc(CC(=O)NCCNC(=O)c2cc3ccccc3cc2C(=O)O)c1. The summed E-state index contributed by atoms with van der Waals surface area (Å²) in [6.45, 7) is 2.42. The molecule has 0 saturated carbocycles. The van der Waals surface area contributed by atoms with Crippen LogP contribution >= 0.6 is 0 Å². The van der Waals surface area contributed by atoms with Gasteiger partial charge in [0, 0.05) is 13.1 Å². The van der Waals surface area contributed by atoms with Gasteiger partial charge in [-0.2, -0.15) is 0 Å². The van der Waals surface area contributed by atoms with Gasteiger partial charge < -0.3 is 15.7 Å². The number of carbonyl (C=O) groups excluding carboxylic acids is 2. The van der Waals surface area contributed by atoms with E-state index in [-0.39, 0.29) is 36.5 Å². The van der Waals surface area contributed by atoms with Crippen molar-refractivity contribution in [3.8, 4) is 0 Å². The van der Waals surface area contributed by atoms with Gasteiger partial charge in [0.05, 0.1) is 17.5 Å². The molecule has 0 aliphatic rings. The van der Waals surface area contributed by atoms with Gasteiger partial charge in [0.15, 0.2) is 0 Å². The van der Waals surface area contributed by atoms with Crippen LogP contribution in [0, 0.1) is 6.92 Å². The average Bonchev–Trinajstić information content (AvgIpc) is 2.70. The van der Waals surface area contributed by atoms with Crippen LogP contribution in [0.15, 0.2) is 60.7 Å². The molecule has 0 spiro atoms. The minimum absolute atomic E-state index is 0.0512. The zero-order valence-corrected chi connectivity index (χ0v) is 16.1. The van der Waals surface area contributed by atoms with Crippen molar-refractivity contribution in [3.05, 3.63) is 82.9 Å². The number of carbonyl (C=O) groups is 3. The molecule has 3 aromatic rings. The monoisotopic (exact) mass is 390 g/mol. The minimum Gasteiger partial charge on any atom is -0.478 e. The molecule has 6 heteroatoms. The van der Waals surface area contributed by atoms with Gasteiger partial charge in [0.2, 0.25) is 5.91 Å². The molecule has 0 aliphatic heterocycles. The van der Waals surface area contributed by atoms with Crippen molar-refractivity contribution in [1.82, 2.24) is 10.6 Å². The van der Waals surface area contributed by atoms with E-state index in [0.717, 1.165) is 21.9 Å². The van der Waals surface area contributed by atoms with E-state index in [4.69, 9.17) is 0 Å². The first-order chi connectivity index (χ1) is 13.9. The number of benzene rings is 3. The second-order valence-corrected chi connectivity index (χ2v) is 6.82. The van der Waals surface area contributed by atoms with Crippen LogP contribution in [0.5, 0.6) is 0 Å². The number of carboxylic acid groups (broad SMARTS) is 1. The fourth-order valence-corrected chi connectivity index (χ4v) is 3.15. The summed E-state index contributed by atoms with van der Waals surface area (Å²) in [5, 5.41) is 16.4. The maximum Gasteiger partial charge on any atom is 0.336 e. The Hall–Kier alpha value is -3.67. The molecule has 0 unspecified atom stereocenters. The van der Waals surface area contributed by atoms with Crippen molar-refractivity contribution in [3.63, 3.8) is 0 Å². The lowest BCUT2D eigenvalue weighted by Crippen LogP contribution is -2.35. The first kappa shape index (κ1) is 20.1. The van der Waals surface area contributed by atoms with Crippen molar-refractivity contribution in [2.24, 2.45) is 0 Å². The second-order valence-electron chi connectivity index (χ2n) is 6.82. The van der Waals surface area contributed by atoms with Crippen molar-refractivity contribution >= 4 is 28.6 Å². The van der Waals surface area contributed by atoms with Crippen LogP contribution in [0.1, 0.15) is 31.8 Å². The van der Waals surface area contributed by atoms with Gasteiger partial charge in [0.25, 0.3) is 5.91 Å². The number of aromatic carboxylic acids is 1. The third-order valence-electron chi connectivity index (χ3n) is 4.54. The number of rotatable bonds is 7. The Labute approximate surface area is 168 Å². The summed E-state index contributed by atoms with van der Waals surface area (Å²) in [6.07, 6.45) is 0.267. The third-order valence-corrected chi connectivity index (χ3v) is 4.54. The zero-order chi connectivity index (χ0) is 20.8. The molecule has 0 aromatic heterocycles. The maximum atomic E-state index is 12.5. The van der Waals surface area contributed by atoms with E-state index in [9.17, 15) is 19.5 Å². The summed E-state index contributed by atoms with van der Waals surface area (Å²) in [7, 11) is 0. The van der Waals surface area contributed by atoms with Gasteiger partial charge in [-0.05, 0) is 35.4 Å². The van der Waals surface area contributed by atoms with Crippen molar-refractivity contribution in [2.75, 3.05) is 13.1 Å². The lowest BCUT2D eigenvalue weighted by atomic mass is 10.0. The minimum atomic E-state index is -1.16. The molecule has 0 atom stereocenters. The van der Waals surface area contributed by atoms with Crippen LogP contribution in [-0.2, 0) is 11.2 Å². The molecule has 3 N–H and O–H groups in total. The average molecular weight is 390 g/mol. The number of amides is 2. The molecule has 0 aliphatic carbocycles. The molecule has 0 saturated heterocycles. The van der Waals surface area contributed by atoms with Crippen LogP contribution in [0.4, 0.5) is 0 Å². The fourth-order valence-electron chi connectivity index (χ4n) is 3.15. The first-order valence-electron chi connectivity index (χ1n) is 9.30. The molecule has 29 heavy (non-hydrogen) atoms. The summed E-state index contributed by atoms with van der Waals surface area (Å²) >= 11 is 0. The Balaban J connectivity index is 1.57. The van der Waals surface area contributed by atoms with Crippen LogP contribution in [0.2, 0.25) is 0 Å². The Bertz CT molecular complexity index is 1080. The van der Waals surface area contributed by atoms with Gasteiger partial charge in [-0.3, -0.25) is 9.59 Å². The molecule has 0 heterocycles. The van der Waals surface area contributed by atoms with Gasteiger partial charge >= 0.3 is 5.97 Å². The van der Waals surface area contributed by atoms with Gasteiger partial charge in [0.1, 0.15) is 0 Å². The summed E-state index contributed by atoms with van der Waals surface area (Å²) in [4.78, 5) is 36.1. The first-order valence-corrected chi connectivity index (χ1v) is 9.30. The van der Waals surface area contributed by atoms with Gasteiger partial charge in [-0.15, -0.1) is 0 Å². The Morgan fingerprint density at radius 1 is 0.828 bits per heavy atom. The normalized spacial score (nSPS) is 10.5. The summed E-state index contributed by atoms with van der Waals surface area (Å²) < 4.78 is 0. The van der Waals surface area contributed by atoms with Crippen LogP contribution in [0.25, 0.3) is 10.8 Å². The molecule has 3 aromatic carbocycles. The number of aryl methyl sites for hydroxylation is 1. The summed E-state index contributed by atoms with van der Waals surface area (Å²) in [5.41, 5.74) is 2.06. The molecule has 2 amide bonds. The summed E-state index contributed by atoms with van der Waals surface area (Å²) in [6, 6.07) is 18.0. The third kappa shape index (κ3) is 5.19. The quantitative estimate of drug-likeness (QED) is 0.541. The highest BCUT2D eigenvalue weighted by atomic mass is 16.4. The largest absolute Gasteiger partial charge is 0.478 e. The Morgan fingerprint density at radius 2 is 1.48 bits per heavy atom. The smallest absolute Gasteiger partial charge is 0.336 e. The van der Waals surface area contributed by atoms with E-state index in [1.807, 2.05) is 49.4 Å². The van der Waals surface area contributed by atoms with E-state index in [1.54, 1.807) is 12.1 Å². The molecular formula is C23H22N2O4. The number of fused-ring (bicyclic) bond motifs is 1. The Morgan fingerprint density at radius 3 is 2.14 bits per heavy atom. The highest BCUT2D eigenvalue weighted by molar-refractivity contribution is 6.08. The van der Waals surface area contributed by atoms with Crippen LogP contribution in [-0.4, -0.2) is 36.0 Å². The highest BCUT2D eigenvalue weighted by Crippen LogP contribution is 2.20. The van der Waals surface area contributed by atoms with Gasteiger partial charge in [-0.1, -0.05) is 54.1 Å². The lowest BCUT2D eigenvalue weighted by molar-refractivity contribution is -0.120. The topological polar surface area (TPSA) is 95.5 Å². The van der Waals surface area contributed by atoms with E-state index < -0.39 is 11.9 Å². The standard InChI is InChI=1S/C23H22N2O4/c1-15-5-4-6-16(11-15)12-21(26)24-9-10-25-22(27)19-13-17-7-2-3-8-18(17)14-20(19)23(28)29/h2-8,11,13-14H,9-10,12H2,1H3,(H,24,26)(H,25,27)(H,28,29). The van der Waals surface area contributed by atoms with E-state index in [0.29, 0.717) is 0 Å². The number of hydrogen-bond acceptors (Lipinski definition) is 3. The number of nitrogens with one attached hydrogen (secondary N) is 2. The van der Waals surface area contributed by atoms with Crippen molar-refractivity contribution in [1.29, 1.82) is 0 Å². The van der Waals surface area contributed by atoms with Crippen LogP contribution < -0.4 is 10.6 Å². The number of hydrogen-bond donors (Lipinski definition) is 3. The molecule has 148 valence electrons.